The number of fused-ring (bicyclic) bond motifs is 2. The molecule has 2 aromatic carbocycles. The zero-order valence-electron chi connectivity index (χ0n) is 28.7. The molecule has 248 valence electrons. The summed E-state index contributed by atoms with van der Waals surface area (Å²) in [5, 5.41) is 36.8. The van der Waals surface area contributed by atoms with Crippen LogP contribution in [0.5, 0.6) is 0 Å². The molecule has 0 unspecified atom stereocenters. The average molecular weight is 677 g/mol. The maximum atomic E-state index is 9.16. The molecular weight excluding hydrogens is 633 g/mol. The number of anilines is 2. The molecule has 4 heterocycles. The normalized spacial score (nSPS) is 23.1. The van der Waals surface area contributed by atoms with Crippen molar-refractivity contribution < 1.29 is 0 Å². The first kappa shape index (κ1) is 32.7. The van der Waals surface area contributed by atoms with Crippen LogP contribution in [0.4, 0.5) is 11.6 Å². The van der Waals surface area contributed by atoms with E-state index in [1.807, 2.05) is 71.2 Å². The minimum atomic E-state index is 0.280. The van der Waals surface area contributed by atoms with Gasteiger partial charge in [-0.15, -0.1) is 23.5 Å². The van der Waals surface area contributed by atoms with E-state index in [1.165, 1.54) is 82.1 Å². The Hall–Kier alpha value is -3.86. The number of aromatic nitrogens is 4. The second-order valence-electron chi connectivity index (χ2n) is 13.9. The Bertz CT molecular complexity index is 1800. The van der Waals surface area contributed by atoms with E-state index in [1.54, 1.807) is 0 Å². The van der Waals surface area contributed by atoms with Crippen molar-refractivity contribution in [3.63, 3.8) is 0 Å². The molecule has 4 aliphatic rings. The third-order valence-electron chi connectivity index (χ3n) is 9.89. The minimum Gasteiger partial charge on any atom is -0.369 e. The maximum absolute atomic E-state index is 9.16. The van der Waals surface area contributed by atoms with Gasteiger partial charge in [-0.05, 0) is 86.1 Å². The van der Waals surface area contributed by atoms with Gasteiger partial charge in [-0.25, -0.2) is 0 Å². The van der Waals surface area contributed by atoms with Gasteiger partial charge >= 0.3 is 0 Å². The van der Waals surface area contributed by atoms with Crippen molar-refractivity contribution in [1.29, 1.82) is 10.5 Å². The van der Waals surface area contributed by atoms with Crippen LogP contribution in [0.15, 0.2) is 36.4 Å². The molecular formula is C38H44N8S2. The quantitative estimate of drug-likeness (QED) is 0.223. The van der Waals surface area contributed by atoms with E-state index >= 15 is 0 Å². The predicted molar refractivity (Wildman–Crippen MR) is 197 cm³/mol. The third-order valence-corrected chi connectivity index (χ3v) is 12.7. The molecule has 4 atom stereocenters. The van der Waals surface area contributed by atoms with Crippen molar-refractivity contribution in [2.75, 3.05) is 23.7 Å². The summed E-state index contributed by atoms with van der Waals surface area (Å²) < 4.78 is 4.04. The molecule has 0 spiro atoms. The predicted octanol–water partition coefficient (Wildman–Crippen LogP) is 8.23. The molecule has 10 heteroatoms. The largest absolute Gasteiger partial charge is 0.369 e. The Balaban J connectivity index is 0.000000152. The van der Waals surface area contributed by atoms with E-state index in [4.69, 9.17) is 20.7 Å². The van der Waals surface area contributed by atoms with Gasteiger partial charge < -0.3 is 10.6 Å². The smallest absolute Gasteiger partial charge is 0.128 e. The van der Waals surface area contributed by atoms with Crippen LogP contribution < -0.4 is 10.6 Å². The summed E-state index contributed by atoms with van der Waals surface area (Å²) in [6, 6.07) is 16.7. The van der Waals surface area contributed by atoms with Crippen molar-refractivity contribution in [3.8, 4) is 12.1 Å². The van der Waals surface area contributed by atoms with Gasteiger partial charge in [0.05, 0.1) is 45.2 Å². The van der Waals surface area contributed by atoms with Gasteiger partial charge in [0.25, 0.3) is 0 Å². The molecule has 2 aliphatic heterocycles. The van der Waals surface area contributed by atoms with Crippen molar-refractivity contribution in [2.45, 2.75) is 86.2 Å². The lowest BCUT2D eigenvalue weighted by atomic mass is 9.97. The zero-order valence-corrected chi connectivity index (χ0v) is 30.3. The Morgan fingerprint density at radius 3 is 1.42 bits per heavy atom. The summed E-state index contributed by atoms with van der Waals surface area (Å²) >= 11 is 4.01. The number of hydrogen-bond acceptors (Lipinski definition) is 8. The topological polar surface area (TPSA) is 107 Å². The number of benzene rings is 2. The summed E-state index contributed by atoms with van der Waals surface area (Å²) in [4.78, 5) is 0. The van der Waals surface area contributed by atoms with E-state index < -0.39 is 0 Å². The van der Waals surface area contributed by atoms with E-state index in [0.29, 0.717) is 22.3 Å². The van der Waals surface area contributed by atoms with Crippen molar-refractivity contribution in [1.82, 2.24) is 19.6 Å². The standard InChI is InChI=1S/2C19H22N4S/c2*1-11-8-13(9-20)4-7-15(11)18-16-17(14-5-6-14)22-23(3)19(16)21-10-12(2)24-18/h2*4,7-8,12,14,18,21H,5-6,10H2,1-3H3/t2*12-,18+/m10/s1. The van der Waals surface area contributed by atoms with Crippen LogP contribution in [-0.4, -0.2) is 43.2 Å². The Kier molecular flexibility index (Phi) is 9.00. The Labute approximate surface area is 292 Å². The van der Waals surface area contributed by atoms with Crippen molar-refractivity contribution >= 4 is 35.2 Å². The first-order valence-electron chi connectivity index (χ1n) is 17.1. The fourth-order valence-corrected chi connectivity index (χ4v) is 9.94. The lowest BCUT2D eigenvalue weighted by Crippen LogP contribution is -2.13. The lowest BCUT2D eigenvalue weighted by molar-refractivity contribution is 0.744. The van der Waals surface area contributed by atoms with Crippen LogP contribution in [0, 0.1) is 36.5 Å². The SMILES string of the molecule is Cc1cc(C#N)ccc1[C@@H]1S[C@H](C)CNc2c1c(C1CC1)nn2C.Cc1cc(C#N)ccc1[C@H]1S[C@@H](C)CNc2c1c(C1CC1)nn2C. The van der Waals surface area contributed by atoms with Crippen LogP contribution in [0.25, 0.3) is 0 Å². The van der Waals surface area contributed by atoms with E-state index in [2.05, 4.69) is 62.6 Å². The second kappa shape index (κ2) is 13.2. The monoisotopic (exact) mass is 676 g/mol. The average Bonchev–Trinajstić information content (AvgIpc) is 4.00. The molecule has 0 radical (unpaired) electrons. The molecule has 48 heavy (non-hydrogen) atoms. The molecule has 0 bridgehead atoms. The van der Waals surface area contributed by atoms with Gasteiger partial charge in [0.2, 0.25) is 0 Å². The third kappa shape index (κ3) is 6.33. The number of hydrogen-bond donors (Lipinski definition) is 2. The fraction of sp³-hybridized carbons (Fsp3) is 0.474. The fourth-order valence-electron chi connectivity index (χ4n) is 7.09. The van der Waals surface area contributed by atoms with Crippen molar-refractivity contribution in [2.24, 2.45) is 14.1 Å². The highest BCUT2D eigenvalue weighted by molar-refractivity contribution is 8.00. The van der Waals surface area contributed by atoms with E-state index in [0.717, 1.165) is 24.2 Å². The van der Waals surface area contributed by atoms with Crippen LogP contribution >= 0.6 is 23.5 Å². The number of rotatable bonds is 4. The number of nitrogens with zero attached hydrogens (tertiary/aromatic N) is 6. The van der Waals surface area contributed by atoms with E-state index in [-0.39, 0.29) is 10.5 Å². The van der Waals surface area contributed by atoms with Crippen LogP contribution in [0.1, 0.15) is 118 Å². The number of nitrogens with one attached hydrogen (secondary N) is 2. The highest BCUT2D eigenvalue weighted by Gasteiger charge is 2.39. The molecule has 8 rings (SSSR count). The summed E-state index contributed by atoms with van der Waals surface area (Å²) in [5.41, 5.74) is 11.7. The van der Waals surface area contributed by atoms with E-state index in [9.17, 15) is 0 Å². The number of aryl methyl sites for hydroxylation is 4. The Morgan fingerprint density at radius 2 is 1.08 bits per heavy atom. The molecule has 0 amide bonds. The summed E-state index contributed by atoms with van der Waals surface area (Å²) in [5.74, 6) is 3.58. The first-order valence-corrected chi connectivity index (χ1v) is 19.0. The van der Waals surface area contributed by atoms with Crippen molar-refractivity contribution in [3.05, 3.63) is 92.3 Å². The van der Waals surface area contributed by atoms with Gasteiger partial charge in [0, 0.05) is 60.6 Å². The summed E-state index contributed by atoms with van der Waals surface area (Å²) in [6.07, 6.45) is 5.01. The summed E-state index contributed by atoms with van der Waals surface area (Å²) in [7, 11) is 4.09. The number of nitriles is 2. The molecule has 4 aromatic rings. The molecule has 2 aliphatic carbocycles. The van der Waals surface area contributed by atoms with Gasteiger partial charge in [-0.2, -0.15) is 20.7 Å². The number of thioether (sulfide) groups is 2. The molecule has 2 saturated carbocycles. The first-order chi connectivity index (χ1) is 23.2. The molecule has 2 N–H and O–H groups in total. The maximum Gasteiger partial charge on any atom is 0.128 e. The van der Waals surface area contributed by atoms with Gasteiger partial charge in [0.15, 0.2) is 0 Å². The van der Waals surface area contributed by atoms with Gasteiger partial charge in [-0.3, -0.25) is 9.36 Å². The van der Waals surface area contributed by atoms with Crippen LogP contribution in [-0.2, 0) is 14.1 Å². The highest BCUT2D eigenvalue weighted by Crippen LogP contribution is 2.53. The van der Waals surface area contributed by atoms with Gasteiger partial charge in [0.1, 0.15) is 11.6 Å². The van der Waals surface area contributed by atoms with Crippen LogP contribution in [0.2, 0.25) is 0 Å². The highest BCUT2D eigenvalue weighted by atomic mass is 32.2. The van der Waals surface area contributed by atoms with Crippen LogP contribution in [0.3, 0.4) is 0 Å². The second-order valence-corrected chi connectivity index (χ2v) is 17.0. The lowest BCUT2D eigenvalue weighted by Gasteiger charge is -2.20. The van der Waals surface area contributed by atoms with Gasteiger partial charge in [-0.1, -0.05) is 26.0 Å². The Morgan fingerprint density at radius 1 is 0.688 bits per heavy atom. The molecule has 2 fully saturated rings. The molecule has 0 saturated heterocycles. The molecule has 8 nitrogen and oxygen atoms in total. The molecule has 2 aromatic heterocycles. The zero-order chi connectivity index (χ0) is 33.7. The summed E-state index contributed by atoms with van der Waals surface area (Å²) in [6.45, 7) is 10.7. The minimum absolute atomic E-state index is 0.280.